The number of nitrogens with zero attached hydrogens (tertiary/aromatic N) is 3. The number of nitrogens with two attached hydrogens (primary N) is 1. The molecule has 0 radical (unpaired) electrons. The number of aromatic nitrogens is 2. The average Bonchev–Trinajstić information content (AvgIpc) is 3.34. The molecule has 2 aromatic heterocycles. The molecule has 26 heavy (non-hydrogen) atoms. The van der Waals surface area contributed by atoms with Crippen molar-refractivity contribution in [1.82, 2.24) is 9.55 Å². The minimum Gasteiger partial charge on any atom is -0.477 e. The van der Waals surface area contributed by atoms with Gasteiger partial charge in [0.2, 0.25) is 11.2 Å². The van der Waals surface area contributed by atoms with Crippen LogP contribution in [0.4, 0.5) is 14.6 Å². The maximum absolute atomic E-state index is 14.8. The minimum atomic E-state index is -1.47. The van der Waals surface area contributed by atoms with E-state index in [1.54, 1.807) is 4.90 Å². The summed E-state index contributed by atoms with van der Waals surface area (Å²) in [4.78, 5) is 29.6. The van der Waals surface area contributed by atoms with Crippen molar-refractivity contribution < 1.29 is 18.7 Å². The number of aromatic carboxylic acids is 1. The molecular formula is C17H18F2N4O3. The number of hydrogen-bond donors (Lipinski definition) is 2. The molecule has 2 aliphatic rings. The fourth-order valence-corrected chi connectivity index (χ4v) is 3.50. The van der Waals surface area contributed by atoms with Crippen molar-refractivity contribution in [2.24, 2.45) is 11.7 Å². The fraction of sp³-hybridized carbons (Fsp3) is 0.471. The van der Waals surface area contributed by atoms with Gasteiger partial charge in [-0.05, 0) is 31.7 Å². The Labute approximate surface area is 147 Å². The van der Waals surface area contributed by atoms with Crippen LogP contribution in [0.1, 0.15) is 35.7 Å². The Morgan fingerprint density at radius 2 is 2.04 bits per heavy atom. The number of carbonyl (C=O) groups is 1. The Balaban J connectivity index is 1.97. The molecule has 7 nitrogen and oxygen atoms in total. The molecule has 2 aromatic rings. The second kappa shape index (κ2) is 6.01. The largest absolute Gasteiger partial charge is 0.477 e. The van der Waals surface area contributed by atoms with Crippen LogP contribution in [0.15, 0.2) is 11.0 Å². The fourth-order valence-electron chi connectivity index (χ4n) is 3.50. The standard InChI is InChI=1S/C17H18F2N4O3/c18-12-11-14(24)10(17(25)26)7-23(9-1-2-9)15(11)21-16(13(12)19)22-4-3-8(5-20)6-22/h7-9H,1-6,20H2,(H,25,26). The third-order valence-corrected chi connectivity index (χ3v) is 5.12. The summed E-state index contributed by atoms with van der Waals surface area (Å²) >= 11 is 0. The van der Waals surface area contributed by atoms with Gasteiger partial charge in [-0.2, -0.15) is 4.39 Å². The van der Waals surface area contributed by atoms with E-state index in [2.05, 4.69) is 4.98 Å². The lowest BCUT2D eigenvalue weighted by atomic mass is 10.1. The Morgan fingerprint density at radius 1 is 1.31 bits per heavy atom. The highest BCUT2D eigenvalue weighted by atomic mass is 19.2. The number of anilines is 1. The van der Waals surface area contributed by atoms with Gasteiger partial charge in [-0.1, -0.05) is 0 Å². The van der Waals surface area contributed by atoms with Crippen LogP contribution in [0.25, 0.3) is 11.0 Å². The van der Waals surface area contributed by atoms with Gasteiger partial charge in [0.1, 0.15) is 16.6 Å². The summed E-state index contributed by atoms with van der Waals surface area (Å²) < 4.78 is 30.9. The van der Waals surface area contributed by atoms with Gasteiger partial charge in [-0.25, -0.2) is 14.2 Å². The maximum atomic E-state index is 14.8. The number of fused-ring (bicyclic) bond motifs is 1. The zero-order chi connectivity index (χ0) is 18.6. The van der Waals surface area contributed by atoms with Crippen LogP contribution in [0.3, 0.4) is 0 Å². The lowest BCUT2D eigenvalue weighted by Crippen LogP contribution is -2.27. The molecular weight excluding hydrogens is 346 g/mol. The first-order valence-electron chi connectivity index (χ1n) is 8.54. The summed E-state index contributed by atoms with van der Waals surface area (Å²) in [6.07, 6.45) is 3.48. The number of carboxylic acids is 1. The molecule has 1 aliphatic heterocycles. The molecule has 1 aliphatic carbocycles. The topological polar surface area (TPSA) is 101 Å². The molecule has 1 saturated heterocycles. The van der Waals surface area contributed by atoms with Crippen LogP contribution in [0.2, 0.25) is 0 Å². The van der Waals surface area contributed by atoms with Gasteiger partial charge in [-0.15, -0.1) is 0 Å². The van der Waals surface area contributed by atoms with Crippen molar-refractivity contribution in [1.29, 1.82) is 0 Å². The van der Waals surface area contributed by atoms with Gasteiger partial charge < -0.3 is 20.3 Å². The number of carboxylic acid groups (broad SMARTS) is 1. The molecule has 3 heterocycles. The molecule has 0 amide bonds. The quantitative estimate of drug-likeness (QED) is 0.852. The third-order valence-electron chi connectivity index (χ3n) is 5.12. The Bertz CT molecular complexity index is 971. The highest BCUT2D eigenvalue weighted by molar-refractivity contribution is 5.92. The van der Waals surface area contributed by atoms with Crippen LogP contribution in [-0.2, 0) is 0 Å². The lowest BCUT2D eigenvalue weighted by molar-refractivity contribution is 0.0695. The van der Waals surface area contributed by atoms with Crippen LogP contribution in [0.5, 0.6) is 0 Å². The first kappa shape index (κ1) is 16.9. The Morgan fingerprint density at radius 3 is 2.62 bits per heavy atom. The van der Waals surface area contributed by atoms with Gasteiger partial charge in [0.15, 0.2) is 11.6 Å². The molecule has 2 fully saturated rings. The molecule has 138 valence electrons. The predicted octanol–water partition coefficient (Wildman–Crippen LogP) is 1.49. The van der Waals surface area contributed by atoms with E-state index in [9.17, 15) is 23.5 Å². The molecule has 9 heteroatoms. The molecule has 4 rings (SSSR count). The normalized spacial score (nSPS) is 20.1. The smallest absolute Gasteiger partial charge is 0.341 e. The SMILES string of the molecule is NCC1CCN(c2nc3c(c(F)c2F)c(=O)c(C(=O)O)cn3C2CC2)C1. The van der Waals surface area contributed by atoms with Gasteiger partial charge in [0.25, 0.3) is 0 Å². The number of halogens is 2. The van der Waals surface area contributed by atoms with Crippen molar-refractivity contribution in [3.63, 3.8) is 0 Å². The highest BCUT2D eigenvalue weighted by Gasteiger charge is 2.32. The molecule has 0 bridgehead atoms. The van der Waals surface area contributed by atoms with E-state index >= 15 is 0 Å². The van der Waals surface area contributed by atoms with Crippen LogP contribution in [0, 0.1) is 17.6 Å². The second-order valence-corrected chi connectivity index (χ2v) is 6.91. The van der Waals surface area contributed by atoms with Gasteiger partial charge in [0.05, 0.1) is 0 Å². The van der Waals surface area contributed by atoms with Crippen molar-refractivity contribution in [3.05, 3.63) is 33.6 Å². The van der Waals surface area contributed by atoms with Gasteiger partial charge in [-0.3, -0.25) is 4.79 Å². The summed E-state index contributed by atoms with van der Waals surface area (Å²) in [6.45, 7) is 1.41. The van der Waals surface area contributed by atoms with E-state index in [1.807, 2.05) is 0 Å². The molecule has 3 N–H and O–H groups in total. The van der Waals surface area contributed by atoms with Crippen LogP contribution < -0.4 is 16.1 Å². The Kier molecular flexibility index (Phi) is 3.91. The van der Waals surface area contributed by atoms with Crippen molar-refractivity contribution in [2.45, 2.75) is 25.3 Å². The molecule has 1 unspecified atom stereocenters. The summed E-state index contributed by atoms with van der Waals surface area (Å²) in [5.41, 5.74) is 4.01. The third kappa shape index (κ3) is 2.54. The molecule has 0 aromatic carbocycles. The summed E-state index contributed by atoms with van der Waals surface area (Å²) in [7, 11) is 0. The summed E-state index contributed by atoms with van der Waals surface area (Å²) in [5.74, 6) is -4.01. The average molecular weight is 364 g/mol. The van der Waals surface area contributed by atoms with Crippen molar-refractivity contribution >= 4 is 22.8 Å². The molecule has 0 spiro atoms. The predicted molar refractivity (Wildman–Crippen MR) is 90.5 cm³/mol. The summed E-state index contributed by atoms with van der Waals surface area (Å²) in [6, 6.07) is -0.0585. The number of hydrogen-bond acceptors (Lipinski definition) is 5. The first-order valence-corrected chi connectivity index (χ1v) is 8.54. The van der Waals surface area contributed by atoms with Crippen LogP contribution >= 0.6 is 0 Å². The van der Waals surface area contributed by atoms with Crippen LogP contribution in [-0.4, -0.2) is 40.3 Å². The number of rotatable bonds is 4. The summed E-state index contributed by atoms with van der Waals surface area (Å²) in [5, 5.41) is 8.62. The Hall–Kier alpha value is -2.55. The molecule has 1 atom stereocenters. The maximum Gasteiger partial charge on any atom is 0.341 e. The first-order chi connectivity index (χ1) is 12.4. The monoisotopic (exact) mass is 364 g/mol. The van der Waals surface area contributed by atoms with E-state index in [1.165, 1.54) is 10.8 Å². The second-order valence-electron chi connectivity index (χ2n) is 6.91. The zero-order valence-corrected chi connectivity index (χ0v) is 13.9. The van der Waals surface area contributed by atoms with Gasteiger partial charge >= 0.3 is 5.97 Å². The zero-order valence-electron chi connectivity index (χ0n) is 13.9. The van der Waals surface area contributed by atoms with Gasteiger partial charge in [0, 0.05) is 25.3 Å². The van der Waals surface area contributed by atoms with Crippen molar-refractivity contribution in [3.8, 4) is 0 Å². The van der Waals surface area contributed by atoms with E-state index in [-0.39, 0.29) is 23.4 Å². The van der Waals surface area contributed by atoms with E-state index in [0.717, 1.165) is 19.3 Å². The lowest BCUT2D eigenvalue weighted by Gasteiger charge is -2.20. The van der Waals surface area contributed by atoms with E-state index in [4.69, 9.17) is 5.73 Å². The minimum absolute atomic E-state index is 0.00685. The molecule has 1 saturated carbocycles. The van der Waals surface area contributed by atoms with Crippen molar-refractivity contribution in [2.75, 3.05) is 24.5 Å². The number of pyridine rings is 2. The highest BCUT2D eigenvalue weighted by Crippen LogP contribution is 2.38. The van der Waals surface area contributed by atoms with E-state index in [0.29, 0.717) is 19.6 Å². The van der Waals surface area contributed by atoms with E-state index < -0.39 is 34.0 Å².